The highest BCUT2D eigenvalue weighted by molar-refractivity contribution is 7.15. The summed E-state index contributed by atoms with van der Waals surface area (Å²) in [5.41, 5.74) is 1.88. The number of rotatable bonds is 2. The minimum atomic E-state index is -0.300. The summed E-state index contributed by atoms with van der Waals surface area (Å²) < 4.78 is 16.0. The van der Waals surface area contributed by atoms with Crippen LogP contribution in [0.25, 0.3) is 16.2 Å². The Morgan fingerprint density at radius 2 is 1.97 bits per heavy atom. The van der Waals surface area contributed by atoms with Crippen LogP contribution in [-0.4, -0.2) is 58.3 Å². The van der Waals surface area contributed by atoms with Crippen molar-refractivity contribution in [3.63, 3.8) is 0 Å². The summed E-state index contributed by atoms with van der Waals surface area (Å²) in [5.74, 6) is -0.244. The zero-order chi connectivity index (χ0) is 20.0. The zero-order valence-electron chi connectivity index (χ0n) is 16.6. The van der Waals surface area contributed by atoms with Crippen molar-refractivity contribution in [1.82, 2.24) is 19.2 Å². The van der Waals surface area contributed by atoms with Crippen molar-refractivity contribution in [2.24, 2.45) is 5.41 Å². The lowest BCUT2D eigenvalue weighted by Gasteiger charge is -2.47. The Labute approximate surface area is 173 Å². The van der Waals surface area contributed by atoms with Crippen molar-refractivity contribution >= 4 is 22.2 Å². The van der Waals surface area contributed by atoms with Crippen LogP contribution in [0.2, 0.25) is 0 Å². The fourth-order valence-corrected chi connectivity index (χ4v) is 5.91. The number of imidazole rings is 1. The summed E-state index contributed by atoms with van der Waals surface area (Å²) in [6.45, 7) is 3.84. The highest BCUT2D eigenvalue weighted by Crippen LogP contribution is 2.38. The molecular weight excluding hydrogens is 387 g/mol. The van der Waals surface area contributed by atoms with E-state index in [4.69, 9.17) is 0 Å². The van der Waals surface area contributed by atoms with E-state index in [1.807, 2.05) is 14.7 Å². The lowest BCUT2D eigenvalue weighted by Crippen LogP contribution is -2.53. The number of halogens is 1. The number of carbonyl (C=O) groups excluding carboxylic acids is 1. The molecule has 29 heavy (non-hydrogen) atoms. The van der Waals surface area contributed by atoms with Gasteiger partial charge in [0.15, 0.2) is 4.96 Å². The summed E-state index contributed by atoms with van der Waals surface area (Å²) in [4.78, 5) is 23.1. The molecule has 3 aromatic rings. The Morgan fingerprint density at radius 1 is 1.17 bits per heavy atom. The number of amides is 1. The Hall–Kier alpha value is -2.25. The highest BCUT2D eigenvalue weighted by atomic mass is 32.1. The van der Waals surface area contributed by atoms with Crippen molar-refractivity contribution in [2.45, 2.75) is 25.7 Å². The number of nitrogens with zero attached hydrogens (tertiary/aromatic N) is 4. The second-order valence-corrected chi connectivity index (χ2v) is 9.39. The van der Waals surface area contributed by atoms with E-state index in [0.29, 0.717) is 17.0 Å². The van der Waals surface area contributed by atoms with Gasteiger partial charge in [-0.2, -0.15) is 0 Å². The maximum absolute atomic E-state index is 14.2. The molecule has 0 aliphatic carbocycles. The largest absolute Gasteiger partial charge is 0.337 e. The summed E-state index contributed by atoms with van der Waals surface area (Å²) in [7, 11) is 2.18. The van der Waals surface area contributed by atoms with Crippen molar-refractivity contribution < 1.29 is 9.18 Å². The number of likely N-dealkylation sites (tertiary alicyclic amines) is 2. The summed E-state index contributed by atoms with van der Waals surface area (Å²) in [5, 5.41) is 1.88. The maximum atomic E-state index is 14.2. The van der Waals surface area contributed by atoms with Gasteiger partial charge in [0.25, 0.3) is 5.91 Å². The van der Waals surface area contributed by atoms with Gasteiger partial charge in [-0.15, -0.1) is 11.3 Å². The van der Waals surface area contributed by atoms with Crippen molar-refractivity contribution in [3.05, 3.63) is 47.4 Å². The summed E-state index contributed by atoms with van der Waals surface area (Å²) >= 11 is 1.43. The molecule has 152 valence electrons. The molecule has 7 heteroatoms. The molecule has 1 atom stereocenters. The predicted octanol–water partition coefficient (Wildman–Crippen LogP) is 4.15. The molecular formula is C22H25FN4OS. The molecule has 0 bridgehead atoms. The normalized spacial score (nSPS) is 23.2. The molecule has 0 N–H and O–H groups in total. The van der Waals surface area contributed by atoms with Gasteiger partial charge in [-0.25, -0.2) is 9.37 Å². The molecule has 1 spiro atoms. The minimum Gasteiger partial charge on any atom is -0.337 e. The first kappa shape index (κ1) is 18.8. The van der Waals surface area contributed by atoms with Crippen LogP contribution in [0, 0.1) is 11.2 Å². The van der Waals surface area contributed by atoms with Gasteiger partial charge in [-0.1, -0.05) is 12.1 Å². The van der Waals surface area contributed by atoms with Crippen LogP contribution in [0.4, 0.5) is 4.39 Å². The Balaban J connectivity index is 1.43. The van der Waals surface area contributed by atoms with E-state index < -0.39 is 0 Å². The topological polar surface area (TPSA) is 40.8 Å². The van der Waals surface area contributed by atoms with Gasteiger partial charge in [-0.05, 0) is 51.4 Å². The molecule has 5 rings (SSSR count). The van der Waals surface area contributed by atoms with Crippen LogP contribution < -0.4 is 0 Å². The standard InChI is InChI=1S/C22H25FN4OS/c1-25-10-4-8-22(14-25)9-5-11-26(15-22)20(28)19-13-29-21-24-18(12-27(19)21)16-6-2-3-7-17(16)23/h2-3,6-7,12-13H,4-5,8-11,14-15H2,1H3/t22-/m0/s1. The third kappa shape index (κ3) is 3.36. The van der Waals surface area contributed by atoms with E-state index in [9.17, 15) is 9.18 Å². The van der Waals surface area contributed by atoms with E-state index in [-0.39, 0.29) is 17.1 Å². The molecule has 0 saturated carbocycles. The fraction of sp³-hybridized carbons (Fsp3) is 0.455. The lowest BCUT2D eigenvalue weighted by atomic mass is 9.74. The Bertz CT molecular complexity index is 1060. The second kappa shape index (κ2) is 7.22. The monoisotopic (exact) mass is 412 g/mol. The molecule has 1 aromatic carbocycles. The van der Waals surface area contributed by atoms with E-state index in [1.54, 1.807) is 24.4 Å². The molecule has 2 aromatic heterocycles. The van der Waals surface area contributed by atoms with Gasteiger partial charge in [0.1, 0.15) is 11.5 Å². The lowest BCUT2D eigenvalue weighted by molar-refractivity contribution is 0.0203. The van der Waals surface area contributed by atoms with Gasteiger partial charge in [0.2, 0.25) is 0 Å². The van der Waals surface area contributed by atoms with Crippen LogP contribution >= 0.6 is 11.3 Å². The SMILES string of the molecule is CN1CCC[C@]2(CCCN(C(=O)c3csc4nc(-c5ccccc5F)cn34)C2)C1. The fourth-order valence-electron chi connectivity index (χ4n) is 5.07. The third-order valence-corrected chi connectivity index (χ3v) is 7.22. The second-order valence-electron chi connectivity index (χ2n) is 8.55. The minimum absolute atomic E-state index is 0.0565. The number of fused-ring (bicyclic) bond motifs is 1. The Kier molecular flexibility index (Phi) is 4.67. The molecule has 4 heterocycles. The van der Waals surface area contributed by atoms with Crippen LogP contribution in [0.15, 0.2) is 35.8 Å². The zero-order valence-corrected chi connectivity index (χ0v) is 17.4. The maximum Gasteiger partial charge on any atom is 0.271 e. The van der Waals surface area contributed by atoms with Gasteiger partial charge in [-0.3, -0.25) is 9.20 Å². The number of aromatic nitrogens is 2. The van der Waals surface area contributed by atoms with E-state index in [1.165, 1.54) is 36.7 Å². The summed E-state index contributed by atoms with van der Waals surface area (Å²) in [6, 6.07) is 6.62. The van der Waals surface area contributed by atoms with Crippen LogP contribution in [0.5, 0.6) is 0 Å². The molecule has 2 aliphatic rings. The number of hydrogen-bond acceptors (Lipinski definition) is 4. The molecule has 0 unspecified atom stereocenters. The van der Waals surface area contributed by atoms with Gasteiger partial charge < -0.3 is 9.80 Å². The van der Waals surface area contributed by atoms with Crippen molar-refractivity contribution in [3.8, 4) is 11.3 Å². The van der Waals surface area contributed by atoms with Crippen molar-refractivity contribution in [1.29, 1.82) is 0 Å². The average Bonchev–Trinajstić information content (AvgIpc) is 3.28. The van der Waals surface area contributed by atoms with E-state index >= 15 is 0 Å². The number of benzene rings is 1. The smallest absolute Gasteiger partial charge is 0.271 e. The number of thiazole rings is 1. The summed E-state index contributed by atoms with van der Waals surface area (Å²) in [6.07, 6.45) is 6.43. The Morgan fingerprint density at radius 3 is 2.76 bits per heavy atom. The van der Waals surface area contributed by atoms with E-state index in [2.05, 4.69) is 16.9 Å². The van der Waals surface area contributed by atoms with Crippen LogP contribution in [-0.2, 0) is 0 Å². The molecule has 0 radical (unpaired) electrons. The van der Waals surface area contributed by atoms with Gasteiger partial charge >= 0.3 is 0 Å². The number of piperidine rings is 2. The van der Waals surface area contributed by atoms with Gasteiger partial charge in [0, 0.05) is 42.2 Å². The van der Waals surface area contributed by atoms with Gasteiger partial charge in [0.05, 0.1) is 5.69 Å². The number of carbonyl (C=O) groups is 1. The van der Waals surface area contributed by atoms with Crippen LogP contribution in [0.3, 0.4) is 0 Å². The molecule has 5 nitrogen and oxygen atoms in total. The average molecular weight is 413 g/mol. The first-order chi connectivity index (χ1) is 14.0. The first-order valence-corrected chi connectivity index (χ1v) is 11.1. The quantitative estimate of drug-likeness (QED) is 0.635. The number of hydrogen-bond donors (Lipinski definition) is 0. The van der Waals surface area contributed by atoms with Crippen molar-refractivity contribution in [2.75, 3.05) is 33.2 Å². The third-order valence-electron chi connectivity index (χ3n) is 6.38. The molecule has 2 aliphatic heterocycles. The van der Waals surface area contributed by atoms with E-state index in [0.717, 1.165) is 37.6 Å². The molecule has 2 saturated heterocycles. The highest BCUT2D eigenvalue weighted by Gasteiger charge is 2.40. The van der Waals surface area contributed by atoms with Crippen LogP contribution in [0.1, 0.15) is 36.2 Å². The first-order valence-electron chi connectivity index (χ1n) is 10.2. The molecule has 1 amide bonds. The predicted molar refractivity (Wildman–Crippen MR) is 113 cm³/mol. The molecule has 2 fully saturated rings.